The van der Waals surface area contributed by atoms with E-state index in [1.165, 1.54) is 4.90 Å². The first kappa shape index (κ1) is 21.7. The maximum absolute atomic E-state index is 13.6. The van der Waals surface area contributed by atoms with E-state index in [2.05, 4.69) is 9.97 Å². The highest BCUT2D eigenvalue weighted by molar-refractivity contribution is 6.52. The first-order chi connectivity index (χ1) is 17.5. The average molecular weight is 478 g/mol. The lowest BCUT2D eigenvalue weighted by Gasteiger charge is -2.26. The predicted molar refractivity (Wildman–Crippen MR) is 139 cm³/mol. The second-order valence-electron chi connectivity index (χ2n) is 8.83. The van der Waals surface area contributed by atoms with Crippen LogP contribution in [0.15, 0.2) is 84.6 Å². The molecule has 0 saturated carbocycles. The van der Waals surface area contributed by atoms with Gasteiger partial charge in [0.15, 0.2) is 0 Å². The molecule has 7 nitrogen and oxygen atoms in total. The van der Waals surface area contributed by atoms with E-state index in [4.69, 9.17) is 4.74 Å². The number of ketones is 1. The fraction of sp³-hybridized carbons (Fsp3) is 0.103. The lowest BCUT2D eigenvalue weighted by molar-refractivity contribution is -0.132. The van der Waals surface area contributed by atoms with Gasteiger partial charge in [-0.1, -0.05) is 42.5 Å². The van der Waals surface area contributed by atoms with Crippen LogP contribution in [0.2, 0.25) is 0 Å². The van der Waals surface area contributed by atoms with Crippen LogP contribution < -0.4 is 9.64 Å². The van der Waals surface area contributed by atoms with Crippen LogP contribution in [0.5, 0.6) is 5.75 Å². The van der Waals surface area contributed by atoms with Gasteiger partial charge < -0.3 is 19.8 Å². The fourth-order valence-electron chi connectivity index (χ4n) is 5.20. The molecule has 1 amide bonds. The monoisotopic (exact) mass is 477 g/mol. The molecule has 0 spiro atoms. The number of amides is 1. The van der Waals surface area contributed by atoms with E-state index in [0.717, 1.165) is 33.1 Å². The average Bonchev–Trinajstić information content (AvgIpc) is 3.55. The normalized spacial score (nSPS) is 17.4. The minimum atomic E-state index is -0.845. The first-order valence-electron chi connectivity index (χ1n) is 11.6. The van der Waals surface area contributed by atoms with E-state index in [0.29, 0.717) is 17.0 Å². The van der Waals surface area contributed by atoms with E-state index in [1.807, 2.05) is 55.5 Å². The summed E-state index contributed by atoms with van der Waals surface area (Å²) in [5.41, 5.74) is 4.28. The summed E-state index contributed by atoms with van der Waals surface area (Å²) in [6, 6.07) is 21.4. The molecule has 36 heavy (non-hydrogen) atoms. The number of aliphatic hydroxyl groups is 1. The van der Waals surface area contributed by atoms with Gasteiger partial charge in [-0.3, -0.25) is 14.5 Å². The van der Waals surface area contributed by atoms with Crippen LogP contribution >= 0.6 is 0 Å². The van der Waals surface area contributed by atoms with Crippen molar-refractivity contribution in [3.63, 3.8) is 0 Å². The van der Waals surface area contributed by atoms with Crippen molar-refractivity contribution in [3.8, 4) is 5.75 Å². The molecule has 3 aromatic carbocycles. The van der Waals surface area contributed by atoms with Crippen molar-refractivity contribution in [1.82, 2.24) is 9.97 Å². The van der Waals surface area contributed by atoms with E-state index in [9.17, 15) is 14.7 Å². The number of nitrogens with one attached hydrogen (secondary N) is 2. The number of aliphatic hydroxyl groups excluding tert-OH is 1. The highest BCUT2D eigenvalue weighted by atomic mass is 16.5. The summed E-state index contributed by atoms with van der Waals surface area (Å²) in [5.74, 6) is -1.11. The molecular formula is C29H23N3O4. The number of anilines is 1. The highest BCUT2D eigenvalue weighted by Crippen LogP contribution is 2.46. The molecule has 2 aromatic heterocycles. The quantitative estimate of drug-likeness (QED) is 0.178. The Morgan fingerprint density at radius 3 is 2.44 bits per heavy atom. The van der Waals surface area contributed by atoms with Crippen molar-refractivity contribution >= 4 is 44.9 Å². The Kier molecular flexibility index (Phi) is 4.93. The minimum absolute atomic E-state index is 0.0421. The third-order valence-corrected chi connectivity index (χ3v) is 6.84. The maximum Gasteiger partial charge on any atom is 0.300 e. The van der Waals surface area contributed by atoms with Crippen LogP contribution in [-0.2, 0) is 9.59 Å². The van der Waals surface area contributed by atoms with Gasteiger partial charge in [0, 0.05) is 56.6 Å². The molecule has 1 atom stereocenters. The SMILES string of the molecule is COc1cccc(N2C(=O)C(=O)/C(=C(/O)c3c[nH]c4ccccc34)C2c2c(C)[nH]c3ccccc23)c1. The van der Waals surface area contributed by atoms with Gasteiger partial charge in [0.25, 0.3) is 11.7 Å². The van der Waals surface area contributed by atoms with Gasteiger partial charge in [0.05, 0.1) is 18.7 Å². The molecular weight excluding hydrogens is 454 g/mol. The number of nitrogens with zero attached hydrogens (tertiary/aromatic N) is 1. The molecule has 1 unspecified atom stereocenters. The van der Waals surface area contributed by atoms with Gasteiger partial charge in [-0.25, -0.2) is 0 Å². The number of hydrogen-bond acceptors (Lipinski definition) is 4. The van der Waals surface area contributed by atoms with Gasteiger partial charge in [0.1, 0.15) is 11.5 Å². The molecule has 1 fully saturated rings. The Morgan fingerprint density at radius 2 is 1.67 bits per heavy atom. The molecule has 0 radical (unpaired) electrons. The van der Waals surface area contributed by atoms with Crippen molar-refractivity contribution in [2.45, 2.75) is 13.0 Å². The zero-order valence-electron chi connectivity index (χ0n) is 19.7. The van der Waals surface area contributed by atoms with Gasteiger partial charge >= 0.3 is 0 Å². The van der Waals surface area contributed by atoms with Crippen molar-refractivity contribution in [3.05, 3.63) is 101 Å². The number of H-pyrrole nitrogens is 2. The van der Waals surface area contributed by atoms with Crippen molar-refractivity contribution in [2.24, 2.45) is 0 Å². The molecule has 1 aliphatic heterocycles. The number of para-hydroxylation sites is 2. The minimum Gasteiger partial charge on any atom is -0.507 e. The highest BCUT2D eigenvalue weighted by Gasteiger charge is 2.48. The summed E-state index contributed by atoms with van der Waals surface area (Å²) in [7, 11) is 1.55. The molecule has 3 N–H and O–H groups in total. The summed E-state index contributed by atoms with van der Waals surface area (Å²) in [5, 5.41) is 13.3. The van der Waals surface area contributed by atoms with Gasteiger partial charge in [-0.05, 0) is 31.2 Å². The summed E-state index contributed by atoms with van der Waals surface area (Å²) in [6.45, 7) is 1.91. The maximum atomic E-state index is 13.6. The third-order valence-electron chi connectivity index (χ3n) is 6.84. The number of rotatable bonds is 4. The van der Waals surface area contributed by atoms with Crippen molar-refractivity contribution in [1.29, 1.82) is 0 Å². The van der Waals surface area contributed by atoms with Gasteiger partial charge in [-0.15, -0.1) is 0 Å². The van der Waals surface area contributed by atoms with Crippen LogP contribution in [0.4, 0.5) is 5.69 Å². The number of fused-ring (bicyclic) bond motifs is 2. The van der Waals surface area contributed by atoms with Crippen LogP contribution in [0.25, 0.3) is 27.6 Å². The molecule has 5 aromatic rings. The topological polar surface area (TPSA) is 98.4 Å². The summed E-state index contributed by atoms with van der Waals surface area (Å²) >= 11 is 0. The Balaban J connectivity index is 1.66. The van der Waals surface area contributed by atoms with Gasteiger partial charge in [-0.2, -0.15) is 0 Å². The number of aromatic amines is 2. The smallest absolute Gasteiger partial charge is 0.300 e. The van der Waals surface area contributed by atoms with E-state index >= 15 is 0 Å². The molecule has 178 valence electrons. The standard InChI is InChI=1S/C29H23N3O4/c1-16-24(20-11-4-6-13-23(20)31-16)26-25(27(33)21-15-30-22-12-5-3-10-19(21)22)28(34)29(35)32(26)17-8-7-9-18(14-17)36-2/h3-15,26,30-31,33H,1-2H3/b27-25+. The van der Waals surface area contributed by atoms with Crippen LogP contribution in [0.1, 0.15) is 22.9 Å². The zero-order chi connectivity index (χ0) is 25.0. The summed E-state index contributed by atoms with van der Waals surface area (Å²) in [4.78, 5) is 35.1. The lowest BCUT2D eigenvalue weighted by Crippen LogP contribution is -2.29. The van der Waals surface area contributed by atoms with E-state index in [-0.39, 0.29) is 11.3 Å². The molecule has 7 heteroatoms. The van der Waals surface area contributed by atoms with Crippen LogP contribution in [-0.4, -0.2) is 33.9 Å². The number of aryl methyl sites for hydroxylation is 1. The Hall–Kier alpha value is -4.78. The number of methoxy groups -OCH3 is 1. The number of carbonyl (C=O) groups is 2. The second-order valence-corrected chi connectivity index (χ2v) is 8.83. The Morgan fingerprint density at radius 1 is 0.944 bits per heavy atom. The Bertz CT molecular complexity index is 1710. The molecule has 1 aliphatic rings. The summed E-state index contributed by atoms with van der Waals surface area (Å²) < 4.78 is 5.38. The number of hydrogen-bond donors (Lipinski definition) is 3. The number of carbonyl (C=O) groups excluding carboxylic acids is 2. The molecule has 0 bridgehead atoms. The van der Waals surface area contributed by atoms with Crippen LogP contribution in [0.3, 0.4) is 0 Å². The number of Topliss-reactive ketones (excluding diaryl/α,β-unsaturated/α-hetero) is 1. The molecule has 6 rings (SSSR count). The largest absolute Gasteiger partial charge is 0.507 e. The predicted octanol–water partition coefficient (Wildman–Crippen LogP) is 5.59. The molecule has 3 heterocycles. The first-order valence-corrected chi connectivity index (χ1v) is 11.6. The third kappa shape index (κ3) is 3.13. The number of ether oxygens (including phenoxy) is 1. The fourth-order valence-corrected chi connectivity index (χ4v) is 5.20. The number of aromatic nitrogens is 2. The second kappa shape index (κ2) is 8.16. The van der Waals surface area contributed by atoms with Crippen LogP contribution in [0, 0.1) is 6.92 Å². The molecule has 0 aliphatic carbocycles. The molecule has 1 saturated heterocycles. The van der Waals surface area contributed by atoms with Crippen molar-refractivity contribution in [2.75, 3.05) is 12.0 Å². The van der Waals surface area contributed by atoms with E-state index in [1.54, 1.807) is 37.6 Å². The van der Waals surface area contributed by atoms with Gasteiger partial charge in [0.2, 0.25) is 0 Å². The van der Waals surface area contributed by atoms with Crippen molar-refractivity contribution < 1.29 is 19.4 Å². The van der Waals surface area contributed by atoms with E-state index < -0.39 is 17.7 Å². The Labute approximate surface area is 206 Å². The number of benzene rings is 3. The zero-order valence-corrected chi connectivity index (χ0v) is 19.7. The summed E-state index contributed by atoms with van der Waals surface area (Å²) in [6.07, 6.45) is 1.66. The lowest BCUT2D eigenvalue weighted by atomic mass is 9.93.